The number of halogens is 2. The standard InChI is InChI=1S/C22H27ClFN/c1-2-3-4-5-16-6-8-17(9-7-16)18-10-12-19(13-11-18)20-14-15-21(23)25-22(20)24/h10-17H,2-9H2,1H3/t16-,17-. The molecule has 0 aliphatic heterocycles. The maximum absolute atomic E-state index is 14.0. The van der Waals surface area contributed by atoms with Gasteiger partial charge >= 0.3 is 0 Å². The molecule has 1 heterocycles. The Morgan fingerprint density at radius 1 is 1.00 bits per heavy atom. The molecule has 0 radical (unpaired) electrons. The highest BCUT2D eigenvalue weighted by molar-refractivity contribution is 6.29. The molecule has 1 aliphatic carbocycles. The Hall–Kier alpha value is -1.41. The van der Waals surface area contributed by atoms with Crippen molar-refractivity contribution in [1.82, 2.24) is 4.98 Å². The zero-order valence-corrected chi connectivity index (χ0v) is 15.7. The summed E-state index contributed by atoms with van der Waals surface area (Å²) >= 11 is 5.73. The minimum atomic E-state index is -0.507. The highest BCUT2D eigenvalue weighted by Crippen LogP contribution is 2.38. The van der Waals surface area contributed by atoms with E-state index in [0.29, 0.717) is 11.5 Å². The smallest absolute Gasteiger partial charge is 0.207 e. The van der Waals surface area contributed by atoms with E-state index in [1.165, 1.54) is 56.9 Å². The van der Waals surface area contributed by atoms with E-state index in [2.05, 4.69) is 24.0 Å². The highest BCUT2D eigenvalue weighted by atomic mass is 35.5. The fraction of sp³-hybridized carbons (Fsp3) is 0.500. The zero-order chi connectivity index (χ0) is 17.6. The Labute approximate surface area is 155 Å². The first-order valence-corrected chi connectivity index (χ1v) is 9.97. The van der Waals surface area contributed by atoms with Crippen LogP contribution >= 0.6 is 11.6 Å². The molecule has 3 heteroatoms. The molecule has 134 valence electrons. The monoisotopic (exact) mass is 359 g/mol. The molecule has 0 N–H and O–H groups in total. The van der Waals surface area contributed by atoms with Gasteiger partial charge < -0.3 is 0 Å². The molecule has 25 heavy (non-hydrogen) atoms. The van der Waals surface area contributed by atoms with Crippen LogP contribution in [0.5, 0.6) is 0 Å². The van der Waals surface area contributed by atoms with Crippen molar-refractivity contribution in [3.05, 3.63) is 53.1 Å². The first-order valence-electron chi connectivity index (χ1n) is 9.59. The van der Waals surface area contributed by atoms with Crippen molar-refractivity contribution in [2.75, 3.05) is 0 Å². The zero-order valence-electron chi connectivity index (χ0n) is 15.0. The van der Waals surface area contributed by atoms with Crippen molar-refractivity contribution in [3.63, 3.8) is 0 Å². The molecule has 2 aromatic rings. The number of benzene rings is 1. The summed E-state index contributed by atoms with van der Waals surface area (Å²) in [6, 6.07) is 11.7. The van der Waals surface area contributed by atoms with Crippen molar-refractivity contribution in [3.8, 4) is 11.1 Å². The van der Waals surface area contributed by atoms with Crippen molar-refractivity contribution in [2.24, 2.45) is 5.92 Å². The molecular weight excluding hydrogens is 333 g/mol. The molecule has 1 fully saturated rings. The molecule has 0 amide bonds. The number of hydrogen-bond acceptors (Lipinski definition) is 1. The lowest BCUT2D eigenvalue weighted by molar-refractivity contribution is 0.303. The summed E-state index contributed by atoms with van der Waals surface area (Å²) in [6.45, 7) is 2.27. The van der Waals surface area contributed by atoms with Gasteiger partial charge in [0.25, 0.3) is 0 Å². The second-order valence-electron chi connectivity index (χ2n) is 7.31. The number of aromatic nitrogens is 1. The fourth-order valence-corrected chi connectivity index (χ4v) is 4.17. The van der Waals surface area contributed by atoms with Gasteiger partial charge in [-0.25, -0.2) is 4.98 Å². The lowest BCUT2D eigenvalue weighted by Crippen LogP contribution is -2.13. The van der Waals surface area contributed by atoms with Gasteiger partial charge in [0.1, 0.15) is 5.15 Å². The third-order valence-corrected chi connectivity index (χ3v) is 5.78. The maximum atomic E-state index is 14.0. The molecule has 0 unspecified atom stereocenters. The summed E-state index contributed by atoms with van der Waals surface area (Å²) in [5, 5.41) is 0.188. The number of hydrogen-bond donors (Lipinski definition) is 0. The number of unbranched alkanes of at least 4 members (excludes halogenated alkanes) is 2. The van der Waals surface area contributed by atoms with E-state index in [0.717, 1.165) is 11.5 Å². The molecule has 0 saturated heterocycles. The van der Waals surface area contributed by atoms with Crippen molar-refractivity contribution >= 4 is 11.6 Å². The maximum Gasteiger partial charge on any atom is 0.222 e. The van der Waals surface area contributed by atoms with Crippen LogP contribution in [-0.4, -0.2) is 4.98 Å². The van der Waals surface area contributed by atoms with Gasteiger partial charge in [-0.3, -0.25) is 0 Å². The molecule has 1 aromatic carbocycles. The van der Waals surface area contributed by atoms with Crippen LogP contribution in [-0.2, 0) is 0 Å². The van der Waals surface area contributed by atoms with Crippen LogP contribution in [0.3, 0.4) is 0 Å². The molecule has 1 aromatic heterocycles. The van der Waals surface area contributed by atoms with Crippen LogP contribution in [0, 0.1) is 11.9 Å². The van der Waals surface area contributed by atoms with Gasteiger partial charge in [-0.1, -0.05) is 68.5 Å². The van der Waals surface area contributed by atoms with Crippen LogP contribution < -0.4 is 0 Å². The lowest BCUT2D eigenvalue weighted by Gasteiger charge is -2.29. The van der Waals surface area contributed by atoms with Crippen LogP contribution in [0.1, 0.15) is 69.8 Å². The molecule has 1 saturated carbocycles. The molecule has 1 nitrogen and oxygen atoms in total. The van der Waals surface area contributed by atoms with Gasteiger partial charge in [-0.15, -0.1) is 0 Å². The number of nitrogens with zero attached hydrogens (tertiary/aromatic N) is 1. The third-order valence-electron chi connectivity index (χ3n) is 5.57. The Morgan fingerprint density at radius 3 is 2.36 bits per heavy atom. The molecule has 0 spiro atoms. The van der Waals surface area contributed by atoms with Gasteiger partial charge in [0, 0.05) is 5.56 Å². The summed E-state index contributed by atoms with van der Waals surface area (Å²) in [5.41, 5.74) is 2.76. The van der Waals surface area contributed by atoms with E-state index in [1.54, 1.807) is 12.1 Å². The molecule has 0 bridgehead atoms. The summed E-state index contributed by atoms with van der Waals surface area (Å²) < 4.78 is 14.0. The SMILES string of the molecule is CCCCC[C@H]1CC[C@H](c2ccc(-c3ccc(Cl)nc3F)cc2)CC1. The molecule has 1 aliphatic rings. The Balaban J connectivity index is 1.60. The van der Waals surface area contributed by atoms with Crippen LogP contribution in [0.15, 0.2) is 36.4 Å². The topological polar surface area (TPSA) is 12.9 Å². The second kappa shape index (κ2) is 8.80. The number of rotatable bonds is 6. The van der Waals surface area contributed by atoms with Gasteiger partial charge in [-0.2, -0.15) is 4.39 Å². The molecule has 3 rings (SSSR count). The minimum Gasteiger partial charge on any atom is -0.207 e. The van der Waals surface area contributed by atoms with Gasteiger partial charge in [0.05, 0.1) is 0 Å². The van der Waals surface area contributed by atoms with Crippen molar-refractivity contribution < 1.29 is 4.39 Å². The van der Waals surface area contributed by atoms with E-state index in [4.69, 9.17) is 11.6 Å². The summed E-state index contributed by atoms with van der Waals surface area (Å²) in [7, 11) is 0. The molecule has 0 atom stereocenters. The van der Waals surface area contributed by atoms with E-state index >= 15 is 0 Å². The van der Waals surface area contributed by atoms with Crippen LogP contribution in [0.4, 0.5) is 4.39 Å². The van der Waals surface area contributed by atoms with Gasteiger partial charge in [0.15, 0.2) is 0 Å². The summed E-state index contributed by atoms with van der Waals surface area (Å²) in [4.78, 5) is 3.70. The Kier molecular flexibility index (Phi) is 6.47. The molecular formula is C22H27ClFN. The first kappa shape index (κ1) is 18.4. The normalized spacial score (nSPS) is 20.6. The van der Waals surface area contributed by atoms with Crippen LogP contribution in [0.25, 0.3) is 11.1 Å². The van der Waals surface area contributed by atoms with Crippen LogP contribution in [0.2, 0.25) is 5.15 Å². The number of pyridine rings is 1. The van der Waals surface area contributed by atoms with E-state index in [9.17, 15) is 4.39 Å². The van der Waals surface area contributed by atoms with Crippen molar-refractivity contribution in [2.45, 2.75) is 64.2 Å². The third kappa shape index (κ3) is 4.82. The average Bonchev–Trinajstić information content (AvgIpc) is 2.63. The van der Waals surface area contributed by atoms with Gasteiger partial charge in [-0.05, 0) is 60.8 Å². The Morgan fingerprint density at radius 2 is 1.72 bits per heavy atom. The van der Waals surface area contributed by atoms with E-state index in [1.807, 2.05) is 12.1 Å². The lowest BCUT2D eigenvalue weighted by atomic mass is 9.77. The second-order valence-corrected chi connectivity index (χ2v) is 7.70. The van der Waals surface area contributed by atoms with Crippen molar-refractivity contribution in [1.29, 1.82) is 0 Å². The predicted molar refractivity (Wildman–Crippen MR) is 103 cm³/mol. The fourth-order valence-electron chi connectivity index (χ4n) is 4.03. The minimum absolute atomic E-state index is 0.188. The van der Waals surface area contributed by atoms with Gasteiger partial charge in [0.2, 0.25) is 5.95 Å². The largest absolute Gasteiger partial charge is 0.222 e. The highest BCUT2D eigenvalue weighted by Gasteiger charge is 2.22. The first-order chi connectivity index (χ1) is 12.2. The average molecular weight is 360 g/mol. The predicted octanol–water partition coefficient (Wildman–Crippen LogP) is 7.40. The Bertz CT molecular complexity index is 675. The van der Waals surface area contributed by atoms with E-state index < -0.39 is 5.95 Å². The summed E-state index contributed by atoms with van der Waals surface area (Å²) in [6.07, 6.45) is 10.8. The van der Waals surface area contributed by atoms with E-state index in [-0.39, 0.29) is 5.15 Å². The summed E-state index contributed by atoms with van der Waals surface area (Å²) in [5.74, 6) is 1.08. The quantitative estimate of drug-likeness (QED) is 0.387.